The molecule has 0 aliphatic heterocycles. The summed E-state index contributed by atoms with van der Waals surface area (Å²) in [6.07, 6.45) is 0. The number of anilines is 2. The molecule has 0 saturated heterocycles. The largest absolute Gasteiger partial charge is 0.494 e. The molecule has 0 bridgehead atoms. The molecule has 6 nitrogen and oxygen atoms in total. The molecule has 1 rings (SSSR count). The van der Waals surface area contributed by atoms with Crippen LogP contribution < -0.4 is 15.8 Å². The van der Waals surface area contributed by atoms with Gasteiger partial charge in [0.1, 0.15) is 5.75 Å². The zero-order valence-electron chi connectivity index (χ0n) is 13.1. The number of carbonyl (C=O) groups excluding carboxylic acids is 1. The topological polar surface area (TPSA) is 87.8 Å². The van der Waals surface area contributed by atoms with Crippen molar-refractivity contribution in [2.24, 2.45) is 5.92 Å². The fourth-order valence-corrected chi connectivity index (χ4v) is 2.33. The second-order valence-electron chi connectivity index (χ2n) is 5.34. The van der Waals surface area contributed by atoms with E-state index in [0.717, 1.165) is 0 Å². The molecule has 1 amide bonds. The molecule has 0 spiro atoms. The summed E-state index contributed by atoms with van der Waals surface area (Å²) >= 11 is 0. The Hall–Kier alpha value is -1.79. The van der Waals surface area contributed by atoms with Crippen molar-refractivity contribution >= 4 is 17.3 Å². The molecule has 1 aromatic rings. The van der Waals surface area contributed by atoms with Crippen LogP contribution in [0.3, 0.4) is 0 Å². The number of methoxy groups -OCH3 is 1. The molecule has 0 aliphatic rings. The number of ether oxygens (including phenoxy) is 1. The number of nitrogen functional groups attached to an aromatic ring is 1. The summed E-state index contributed by atoms with van der Waals surface area (Å²) in [5.41, 5.74) is 6.86. The van der Waals surface area contributed by atoms with Crippen LogP contribution >= 0.6 is 0 Å². The summed E-state index contributed by atoms with van der Waals surface area (Å²) in [4.78, 5) is 14.3. The number of rotatable bonds is 7. The molecule has 0 aromatic heterocycles. The molecule has 6 heteroatoms. The van der Waals surface area contributed by atoms with E-state index in [2.05, 4.69) is 5.32 Å². The van der Waals surface area contributed by atoms with Gasteiger partial charge in [-0.15, -0.1) is 0 Å². The summed E-state index contributed by atoms with van der Waals surface area (Å²) in [5.74, 6) is 0.501. The maximum absolute atomic E-state index is 12.5. The summed E-state index contributed by atoms with van der Waals surface area (Å²) in [7, 11) is 3.35. The SMILES string of the molecule is COc1cc(N)ccc1NC(=O)C(C(C)C)N(C)CCO. The van der Waals surface area contributed by atoms with E-state index in [1.54, 1.807) is 18.2 Å². The number of likely N-dealkylation sites (N-methyl/N-ethyl adjacent to an activating group) is 1. The normalized spacial score (nSPS) is 12.5. The molecular formula is C15H25N3O3. The molecule has 1 unspecified atom stereocenters. The Morgan fingerprint density at radius 3 is 2.67 bits per heavy atom. The molecular weight excluding hydrogens is 270 g/mol. The molecule has 0 heterocycles. The Labute approximate surface area is 125 Å². The van der Waals surface area contributed by atoms with Crippen LogP contribution in [0.15, 0.2) is 18.2 Å². The highest BCUT2D eigenvalue weighted by Crippen LogP contribution is 2.27. The summed E-state index contributed by atoms with van der Waals surface area (Å²) in [5, 5.41) is 11.9. The highest BCUT2D eigenvalue weighted by Gasteiger charge is 2.26. The molecule has 1 aromatic carbocycles. The molecule has 118 valence electrons. The Morgan fingerprint density at radius 2 is 2.14 bits per heavy atom. The molecule has 0 aliphatic carbocycles. The smallest absolute Gasteiger partial charge is 0.242 e. The van der Waals surface area contributed by atoms with Crippen LogP contribution in [-0.2, 0) is 4.79 Å². The van der Waals surface area contributed by atoms with E-state index in [-0.39, 0.29) is 24.5 Å². The Kier molecular flexibility index (Phi) is 6.45. The van der Waals surface area contributed by atoms with E-state index < -0.39 is 0 Å². The third-order valence-electron chi connectivity index (χ3n) is 3.31. The molecule has 0 radical (unpaired) electrons. The van der Waals surface area contributed by atoms with E-state index in [1.165, 1.54) is 7.11 Å². The molecule has 0 fully saturated rings. The van der Waals surface area contributed by atoms with Crippen molar-refractivity contribution in [3.05, 3.63) is 18.2 Å². The van der Waals surface area contributed by atoms with Crippen molar-refractivity contribution in [2.75, 3.05) is 38.4 Å². The fraction of sp³-hybridized carbons (Fsp3) is 0.533. The van der Waals surface area contributed by atoms with Gasteiger partial charge in [-0.25, -0.2) is 0 Å². The number of carbonyl (C=O) groups is 1. The van der Waals surface area contributed by atoms with Crippen LogP contribution in [0.1, 0.15) is 13.8 Å². The molecule has 4 N–H and O–H groups in total. The molecule has 0 saturated carbocycles. The van der Waals surface area contributed by atoms with Gasteiger partial charge in [-0.3, -0.25) is 9.69 Å². The zero-order valence-corrected chi connectivity index (χ0v) is 13.1. The number of nitrogens with two attached hydrogens (primary N) is 1. The minimum Gasteiger partial charge on any atom is -0.494 e. The van der Waals surface area contributed by atoms with Crippen molar-refractivity contribution in [1.82, 2.24) is 4.90 Å². The molecule has 1 atom stereocenters. The minimum absolute atomic E-state index is 0.0121. The van der Waals surface area contributed by atoms with Crippen molar-refractivity contribution < 1.29 is 14.6 Å². The van der Waals surface area contributed by atoms with Crippen molar-refractivity contribution in [3.8, 4) is 5.75 Å². The number of hydrogen-bond acceptors (Lipinski definition) is 5. The number of hydrogen-bond donors (Lipinski definition) is 3. The lowest BCUT2D eigenvalue weighted by Gasteiger charge is -2.29. The van der Waals surface area contributed by atoms with Crippen molar-refractivity contribution in [2.45, 2.75) is 19.9 Å². The lowest BCUT2D eigenvalue weighted by Crippen LogP contribution is -2.46. The van der Waals surface area contributed by atoms with Crippen LogP contribution in [0.25, 0.3) is 0 Å². The lowest BCUT2D eigenvalue weighted by atomic mass is 10.0. The van der Waals surface area contributed by atoms with Gasteiger partial charge in [-0.1, -0.05) is 13.8 Å². The summed E-state index contributed by atoms with van der Waals surface area (Å²) < 4.78 is 5.23. The first-order valence-electron chi connectivity index (χ1n) is 6.96. The van der Waals surface area contributed by atoms with Gasteiger partial charge >= 0.3 is 0 Å². The minimum atomic E-state index is -0.334. The van der Waals surface area contributed by atoms with Crippen molar-refractivity contribution in [1.29, 1.82) is 0 Å². The maximum atomic E-state index is 12.5. The predicted molar refractivity (Wildman–Crippen MR) is 84.4 cm³/mol. The van der Waals surface area contributed by atoms with Crippen LogP contribution in [0.2, 0.25) is 0 Å². The monoisotopic (exact) mass is 295 g/mol. The van der Waals surface area contributed by atoms with Crippen LogP contribution in [0, 0.1) is 5.92 Å². The van der Waals surface area contributed by atoms with Gasteiger partial charge in [0.05, 0.1) is 25.4 Å². The first-order chi connectivity index (χ1) is 9.90. The van der Waals surface area contributed by atoms with Crippen LogP contribution in [0.5, 0.6) is 5.75 Å². The summed E-state index contributed by atoms with van der Waals surface area (Å²) in [6, 6.07) is 4.76. The molecule has 21 heavy (non-hydrogen) atoms. The second-order valence-corrected chi connectivity index (χ2v) is 5.34. The van der Waals surface area contributed by atoms with Gasteiger partial charge in [0, 0.05) is 18.3 Å². The third kappa shape index (κ3) is 4.61. The first-order valence-corrected chi connectivity index (χ1v) is 6.96. The standard InChI is InChI=1S/C15H25N3O3/c1-10(2)14(18(3)7-8-19)15(20)17-12-6-5-11(16)9-13(12)21-4/h5-6,9-10,14,19H,7-8,16H2,1-4H3,(H,17,20). The van der Waals surface area contributed by atoms with Gasteiger partial charge < -0.3 is 20.9 Å². The van der Waals surface area contributed by atoms with Gasteiger partial charge in [-0.2, -0.15) is 0 Å². The first kappa shape index (κ1) is 17.3. The quantitative estimate of drug-likeness (QED) is 0.657. The van der Waals surface area contributed by atoms with Gasteiger partial charge in [-0.05, 0) is 25.1 Å². The van der Waals surface area contributed by atoms with Gasteiger partial charge in [0.2, 0.25) is 5.91 Å². The second kappa shape index (κ2) is 7.85. The van der Waals surface area contributed by atoms with E-state index in [4.69, 9.17) is 15.6 Å². The Balaban J connectivity index is 2.91. The van der Waals surface area contributed by atoms with Crippen LogP contribution in [0.4, 0.5) is 11.4 Å². The average Bonchev–Trinajstić information content (AvgIpc) is 2.40. The maximum Gasteiger partial charge on any atom is 0.242 e. The number of amides is 1. The van der Waals surface area contributed by atoms with Gasteiger partial charge in [0.15, 0.2) is 0 Å². The number of aliphatic hydroxyl groups is 1. The number of nitrogens with one attached hydrogen (secondary N) is 1. The van der Waals surface area contributed by atoms with E-state index >= 15 is 0 Å². The number of nitrogens with zero attached hydrogens (tertiary/aromatic N) is 1. The fourth-order valence-electron chi connectivity index (χ4n) is 2.33. The highest BCUT2D eigenvalue weighted by atomic mass is 16.5. The third-order valence-corrected chi connectivity index (χ3v) is 3.31. The Morgan fingerprint density at radius 1 is 1.48 bits per heavy atom. The summed E-state index contributed by atoms with van der Waals surface area (Å²) in [6.45, 7) is 4.39. The zero-order chi connectivity index (χ0) is 16.0. The van der Waals surface area contributed by atoms with E-state index in [0.29, 0.717) is 23.7 Å². The lowest BCUT2D eigenvalue weighted by molar-refractivity contribution is -0.122. The number of benzene rings is 1. The number of aliphatic hydroxyl groups excluding tert-OH is 1. The highest BCUT2D eigenvalue weighted by molar-refractivity contribution is 5.96. The van der Waals surface area contributed by atoms with Gasteiger partial charge in [0.25, 0.3) is 0 Å². The average molecular weight is 295 g/mol. The van der Waals surface area contributed by atoms with Crippen molar-refractivity contribution in [3.63, 3.8) is 0 Å². The van der Waals surface area contributed by atoms with Crippen LogP contribution in [-0.4, -0.2) is 49.3 Å². The van der Waals surface area contributed by atoms with E-state index in [1.807, 2.05) is 25.8 Å². The predicted octanol–water partition coefficient (Wildman–Crippen LogP) is 1.16. The Bertz CT molecular complexity index is 477. The van der Waals surface area contributed by atoms with E-state index in [9.17, 15) is 4.79 Å².